The lowest BCUT2D eigenvalue weighted by atomic mass is 10.1. The molecule has 35 heavy (non-hydrogen) atoms. The molecule has 1 aliphatic rings. The number of amides is 1. The van der Waals surface area contributed by atoms with E-state index in [4.69, 9.17) is 33.7 Å². The molecule has 3 heterocycles. The van der Waals surface area contributed by atoms with Gasteiger partial charge >= 0.3 is 0 Å². The van der Waals surface area contributed by atoms with Crippen LogP contribution in [0, 0.1) is 5.92 Å². The van der Waals surface area contributed by atoms with Crippen molar-refractivity contribution in [1.29, 1.82) is 0 Å². The SMILES string of the molecule is CCOCCn1cc([C@H]2C[C@@H]2C(=O)Nc2cc3cc(-c4c(Cl)cccc4Cl)nc(N)c3cn2)cn1. The first-order valence-corrected chi connectivity index (χ1v) is 12.1. The minimum atomic E-state index is -0.114. The fourth-order valence-electron chi connectivity index (χ4n) is 4.18. The van der Waals surface area contributed by atoms with Crippen molar-refractivity contribution in [3.05, 3.63) is 64.5 Å². The molecule has 8 nitrogen and oxygen atoms in total. The van der Waals surface area contributed by atoms with E-state index in [-0.39, 0.29) is 17.7 Å². The molecule has 3 N–H and O–H groups in total. The Balaban J connectivity index is 1.31. The zero-order chi connectivity index (χ0) is 24.5. The Hall–Kier alpha value is -3.20. The summed E-state index contributed by atoms with van der Waals surface area (Å²) in [6.07, 6.45) is 6.21. The minimum Gasteiger partial charge on any atom is -0.383 e. The lowest BCUT2D eigenvalue weighted by Crippen LogP contribution is -2.15. The third kappa shape index (κ3) is 4.96. The number of hydrogen-bond acceptors (Lipinski definition) is 6. The predicted octanol–water partition coefficient (Wildman–Crippen LogP) is 5.16. The van der Waals surface area contributed by atoms with Gasteiger partial charge in [-0.1, -0.05) is 29.3 Å². The molecular formula is C25H24Cl2N6O2. The number of aromatic nitrogens is 4. The highest BCUT2D eigenvalue weighted by molar-refractivity contribution is 6.39. The summed E-state index contributed by atoms with van der Waals surface area (Å²) in [5.41, 5.74) is 8.41. The van der Waals surface area contributed by atoms with E-state index in [1.54, 1.807) is 30.5 Å². The number of pyridine rings is 2. The molecule has 10 heteroatoms. The van der Waals surface area contributed by atoms with Gasteiger partial charge in [-0.2, -0.15) is 5.10 Å². The minimum absolute atomic E-state index is 0.0692. The van der Waals surface area contributed by atoms with Gasteiger partial charge < -0.3 is 15.8 Å². The van der Waals surface area contributed by atoms with E-state index in [0.29, 0.717) is 58.1 Å². The van der Waals surface area contributed by atoms with Crippen LogP contribution in [-0.2, 0) is 16.1 Å². The second kappa shape index (κ2) is 9.81. The summed E-state index contributed by atoms with van der Waals surface area (Å²) in [5, 5.41) is 9.72. The number of nitrogens with two attached hydrogens (primary N) is 1. The number of nitrogens with zero attached hydrogens (tertiary/aromatic N) is 4. The Morgan fingerprint density at radius 1 is 1.26 bits per heavy atom. The molecule has 3 aromatic heterocycles. The van der Waals surface area contributed by atoms with Gasteiger partial charge in [-0.05, 0) is 54.5 Å². The number of fused-ring (bicyclic) bond motifs is 1. The van der Waals surface area contributed by atoms with Crippen molar-refractivity contribution in [3.8, 4) is 11.3 Å². The maximum Gasteiger partial charge on any atom is 0.229 e. The summed E-state index contributed by atoms with van der Waals surface area (Å²) >= 11 is 12.7. The quantitative estimate of drug-likeness (QED) is 0.317. The molecule has 0 aliphatic heterocycles. The molecule has 0 spiro atoms. The highest BCUT2D eigenvalue weighted by Gasteiger charge is 2.44. The first kappa shape index (κ1) is 23.5. The van der Waals surface area contributed by atoms with E-state index in [9.17, 15) is 4.79 Å². The van der Waals surface area contributed by atoms with Gasteiger partial charge in [0.25, 0.3) is 0 Å². The molecule has 1 fully saturated rings. The van der Waals surface area contributed by atoms with Crippen LogP contribution >= 0.6 is 23.2 Å². The largest absolute Gasteiger partial charge is 0.383 e. The zero-order valence-electron chi connectivity index (χ0n) is 19.0. The standard InChI is InChI=1S/C25H24Cl2N6O2/c1-2-35-7-6-33-13-15(11-30-33)16-10-17(16)25(34)32-22-9-14-8-21(31-24(28)18(14)12-29-22)23-19(26)4-3-5-20(23)27/h3-5,8-9,11-13,16-17H,2,6-7,10H2,1H3,(H2,28,31)(H,29,32,34)/t16-,17+/m1/s1. The summed E-state index contributed by atoms with van der Waals surface area (Å²) in [5.74, 6) is 0.729. The number of carbonyl (C=O) groups is 1. The van der Waals surface area contributed by atoms with Crippen LogP contribution in [0.5, 0.6) is 0 Å². The summed E-state index contributed by atoms with van der Waals surface area (Å²) < 4.78 is 7.23. The van der Waals surface area contributed by atoms with Crippen LogP contribution in [0.2, 0.25) is 10.0 Å². The molecule has 2 atom stereocenters. The summed E-state index contributed by atoms with van der Waals surface area (Å²) in [4.78, 5) is 21.7. The third-order valence-corrected chi connectivity index (χ3v) is 6.72. The fraction of sp³-hybridized carbons (Fsp3) is 0.280. The highest BCUT2D eigenvalue weighted by Crippen LogP contribution is 2.48. The lowest BCUT2D eigenvalue weighted by molar-refractivity contribution is -0.117. The molecule has 5 rings (SSSR count). The number of carbonyl (C=O) groups excluding carboxylic acids is 1. The first-order valence-electron chi connectivity index (χ1n) is 11.4. The van der Waals surface area contributed by atoms with Crippen LogP contribution in [0.15, 0.2) is 48.9 Å². The zero-order valence-corrected chi connectivity index (χ0v) is 20.6. The number of rotatable bonds is 8. The topological polar surface area (TPSA) is 108 Å². The van der Waals surface area contributed by atoms with Crippen LogP contribution in [-0.4, -0.2) is 38.9 Å². The molecule has 1 aliphatic carbocycles. The number of ether oxygens (including phenoxy) is 1. The van der Waals surface area contributed by atoms with E-state index in [2.05, 4.69) is 20.4 Å². The Kier molecular flexibility index (Phi) is 6.60. The van der Waals surface area contributed by atoms with Crippen molar-refractivity contribution in [3.63, 3.8) is 0 Å². The summed E-state index contributed by atoms with van der Waals surface area (Å²) in [6, 6.07) is 8.89. The molecule has 1 amide bonds. The number of anilines is 2. The van der Waals surface area contributed by atoms with Gasteiger partial charge in [0, 0.05) is 35.9 Å². The Bertz CT molecular complexity index is 1390. The normalized spacial score (nSPS) is 17.0. The average molecular weight is 511 g/mol. The third-order valence-electron chi connectivity index (χ3n) is 6.09. The second-order valence-corrected chi connectivity index (χ2v) is 9.27. The molecule has 0 saturated heterocycles. The van der Waals surface area contributed by atoms with E-state index >= 15 is 0 Å². The van der Waals surface area contributed by atoms with Gasteiger partial charge in [-0.15, -0.1) is 0 Å². The van der Waals surface area contributed by atoms with Gasteiger partial charge in [-0.25, -0.2) is 9.97 Å². The van der Waals surface area contributed by atoms with E-state index in [1.165, 1.54) is 0 Å². The van der Waals surface area contributed by atoms with Crippen LogP contribution in [0.25, 0.3) is 22.0 Å². The summed E-state index contributed by atoms with van der Waals surface area (Å²) in [6.45, 7) is 3.95. The van der Waals surface area contributed by atoms with Crippen LogP contribution in [0.1, 0.15) is 24.8 Å². The van der Waals surface area contributed by atoms with Crippen molar-refractivity contribution < 1.29 is 9.53 Å². The highest BCUT2D eigenvalue weighted by atomic mass is 35.5. The number of nitrogens with one attached hydrogen (secondary N) is 1. The van der Waals surface area contributed by atoms with Crippen molar-refractivity contribution in [1.82, 2.24) is 19.7 Å². The van der Waals surface area contributed by atoms with Gasteiger partial charge in [0.05, 0.1) is 35.1 Å². The molecular weight excluding hydrogens is 487 g/mol. The molecule has 0 bridgehead atoms. The van der Waals surface area contributed by atoms with Gasteiger partial charge in [0.2, 0.25) is 5.91 Å². The van der Waals surface area contributed by atoms with Crippen molar-refractivity contribution in [2.24, 2.45) is 5.92 Å². The Labute approximate surface area is 212 Å². The molecule has 0 radical (unpaired) electrons. The van der Waals surface area contributed by atoms with E-state index in [0.717, 1.165) is 17.4 Å². The number of benzene rings is 1. The van der Waals surface area contributed by atoms with Gasteiger partial charge in [0.15, 0.2) is 0 Å². The maximum atomic E-state index is 12.9. The number of halogens is 2. The predicted molar refractivity (Wildman–Crippen MR) is 138 cm³/mol. The monoisotopic (exact) mass is 510 g/mol. The van der Waals surface area contributed by atoms with Crippen molar-refractivity contribution in [2.45, 2.75) is 25.8 Å². The molecule has 180 valence electrons. The first-order chi connectivity index (χ1) is 16.9. The fourth-order valence-corrected chi connectivity index (χ4v) is 4.77. The smallest absolute Gasteiger partial charge is 0.229 e. The average Bonchev–Trinajstić information content (AvgIpc) is 3.50. The molecule has 1 aromatic carbocycles. The van der Waals surface area contributed by atoms with Crippen molar-refractivity contribution >= 4 is 51.5 Å². The number of hydrogen-bond donors (Lipinski definition) is 2. The van der Waals surface area contributed by atoms with Crippen LogP contribution < -0.4 is 11.1 Å². The lowest BCUT2D eigenvalue weighted by Gasteiger charge is -2.11. The van der Waals surface area contributed by atoms with E-state index < -0.39 is 0 Å². The van der Waals surface area contributed by atoms with Crippen LogP contribution in [0.3, 0.4) is 0 Å². The summed E-state index contributed by atoms with van der Waals surface area (Å²) in [7, 11) is 0. The molecule has 1 saturated carbocycles. The van der Waals surface area contributed by atoms with Crippen molar-refractivity contribution in [2.75, 3.05) is 24.3 Å². The second-order valence-electron chi connectivity index (χ2n) is 8.45. The molecule has 4 aromatic rings. The van der Waals surface area contributed by atoms with Crippen LogP contribution in [0.4, 0.5) is 11.6 Å². The van der Waals surface area contributed by atoms with Gasteiger partial charge in [0.1, 0.15) is 11.6 Å². The Morgan fingerprint density at radius 3 is 2.83 bits per heavy atom. The Morgan fingerprint density at radius 2 is 2.06 bits per heavy atom. The van der Waals surface area contributed by atoms with E-state index in [1.807, 2.05) is 30.1 Å². The van der Waals surface area contributed by atoms with Gasteiger partial charge in [-0.3, -0.25) is 9.48 Å². The maximum absolute atomic E-state index is 12.9. The molecule has 0 unspecified atom stereocenters. The number of nitrogen functional groups attached to an aromatic ring is 1.